The third-order valence-electron chi connectivity index (χ3n) is 9.07. The second-order valence-corrected chi connectivity index (χ2v) is 12.0. The maximum absolute atomic E-state index is 6.59. The molecule has 0 heterocycles. The van der Waals surface area contributed by atoms with Crippen molar-refractivity contribution in [1.29, 1.82) is 0 Å². The Balaban J connectivity index is 1.95. The van der Waals surface area contributed by atoms with Gasteiger partial charge in [-0.1, -0.05) is 97.3 Å². The number of benzene rings is 3. The quantitative estimate of drug-likeness (QED) is 0.366. The summed E-state index contributed by atoms with van der Waals surface area (Å²) in [5, 5.41) is 0.825. The first-order valence-corrected chi connectivity index (χ1v) is 13.1. The largest absolute Gasteiger partial charge is 0.0843 e. The van der Waals surface area contributed by atoms with Crippen molar-refractivity contribution in [2.24, 2.45) is 23.7 Å². The fourth-order valence-corrected chi connectivity index (χ4v) is 8.19. The van der Waals surface area contributed by atoms with E-state index in [1.54, 1.807) is 0 Å². The summed E-state index contributed by atoms with van der Waals surface area (Å²) >= 11 is 6.59. The second kappa shape index (κ2) is 7.47. The van der Waals surface area contributed by atoms with Crippen molar-refractivity contribution in [2.75, 3.05) is 0 Å². The molecule has 0 spiro atoms. The van der Waals surface area contributed by atoms with Gasteiger partial charge >= 0.3 is 0 Å². The van der Waals surface area contributed by atoms with E-state index in [4.69, 9.17) is 11.6 Å². The Morgan fingerprint density at radius 1 is 0.485 bits per heavy atom. The first kappa shape index (κ1) is 22.7. The minimum atomic E-state index is -0.0137. The lowest BCUT2D eigenvalue weighted by Gasteiger charge is -2.42. The van der Waals surface area contributed by atoms with E-state index in [1.807, 2.05) is 0 Å². The van der Waals surface area contributed by atoms with Crippen molar-refractivity contribution in [3.8, 4) is 22.3 Å². The predicted octanol–water partition coefficient (Wildman–Crippen LogP) is 9.50. The van der Waals surface area contributed by atoms with Crippen molar-refractivity contribution in [3.05, 3.63) is 81.9 Å². The topological polar surface area (TPSA) is 0 Å². The van der Waals surface area contributed by atoms with Gasteiger partial charge in [-0.05, 0) is 92.4 Å². The van der Waals surface area contributed by atoms with Crippen LogP contribution in [0.2, 0.25) is 5.02 Å². The van der Waals surface area contributed by atoms with Crippen LogP contribution < -0.4 is 0 Å². The molecule has 0 nitrogen and oxygen atoms in total. The zero-order chi connectivity index (χ0) is 23.9. The molecule has 0 bridgehead atoms. The van der Waals surface area contributed by atoms with Crippen molar-refractivity contribution in [3.63, 3.8) is 0 Å². The highest BCUT2D eigenvalue weighted by Gasteiger charge is 2.52. The Kier molecular flexibility index (Phi) is 5.15. The van der Waals surface area contributed by atoms with Gasteiger partial charge in [-0.25, -0.2) is 0 Å². The molecule has 1 heteroatoms. The number of hydrogen-bond acceptors (Lipinski definition) is 0. The van der Waals surface area contributed by atoms with Crippen LogP contribution in [0.25, 0.3) is 22.3 Å². The van der Waals surface area contributed by atoms with Crippen LogP contribution >= 0.6 is 11.6 Å². The van der Waals surface area contributed by atoms with E-state index in [1.165, 1.54) is 44.5 Å². The summed E-state index contributed by atoms with van der Waals surface area (Å²) in [6, 6.07) is 20.9. The number of halogens is 1. The van der Waals surface area contributed by atoms with Crippen LogP contribution in [0.4, 0.5) is 0 Å². The Hall–Kier alpha value is -2.05. The molecule has 0 saturated carbocycles. The maximum Gasteiger partial charge on any atom is 0.0412 e. The highest BCUT2D eigenvalue weighted by molar-refractivity contribution is 6.31. The van der Waals surface area contributed by atoms with Crippen LogP contribution in [-0.4, -0.2) is 0 Å². The van der Waals surface area contributed by atoms with Gasteiger partial charge in [-0.2, -0.15) is 0 Å². The molecule has 5 rings (SSSR count). The zero-order valence-electron chi connectivity index (χ0n) is 21.4. The van der Waals surface area contributed by atoms with Crippen LogP contribution in [0.3, 0.4) is 0 Å². The third-order valence-corrected chi connectivity index (χ3v) is 9.31. The average molecular weight is 457 g/mol. The van der Waals surface area contributed by atoms with Gasteiger partial charge in [0.05, 0.1) is 0 Å². The van der Waals surface area contributed by atoms with Crippen LogP contribution in [-0.2, 0) is 10.8 Å². The lowest BCUT2D eigenvalue weighted by molar-refractivity contribution is 0.277. The minimum absolute atomic E-state index is 0.0137. The average Bonchev–Trinajstić information content (AvgIpc) is 3.20. The molecule has 0 radical (unpaired) electrons. The second-order valence-electron chi connectivity index (χ2n) is 11.5. The van der Waals surface area contributed by atoms with Crippen LogP contribution in [0.1, 0.15) is 77.6 Å². The summed E-state index contributed by atoms with van der Waals surface area (Å²) in [5.41, 5.74) is 11.5. The Bertz CT molecular complexity index is 1230. The molecule has 0 amide bonds. The van der Waals surface area contributed by atoms with Gasteiger partial charge in [0.2, 0.25) is 0 Å². The lowest BCUT2D eigenvalue weighted by Crippen LogP contribution is -2.38. The molecule has 2 aliphatic rings. The molecule has 2 aliphatic carbocycles. The molecular formula is C32H37Cl. The number of rotatable bonds is 4. The lowest BCUT2D eigenvalue weighted by atomic mass is 9.61. The fraction of sp³-hybridized carbons (Fsp3) is 0.438. The first-order chi connectivity index (χ1) is 15.6. The molecule has 0 aliphatic heterocycles. The molecule has 0 atom stereocenters. The molecule has 3 aromatic carbocycles. The van der Waals surface area contributed by atoms with E-state index < -0.39 is 0 Å². The minimum Gasteiger partial charge on any atom is -0.0843 e. The standard InChI is InChI=1S/C32H37Cl/c1-18(2)31(19(3)4)27-12-10-9-11-23(27)25-16-30-26(17-29(25)31)24-15-22(33)13-14-28(24)32(30,20(5)6)21(7)8/h9-21H,1-8H3. The number of hydrogen-bond donors (Lipinski definition) is 0. The summed E-state index contributed by atoms with van der Waals surface area (Å²) in [6.45, 7) is 19.2. The highest BCUT2D eigenvalue weighted by atomic mass is 35.5. The van der Waals surface area contributed by atoms with E-state index in [9.17, 15) is 0 Å². The summed E-state index contributed by atoms with van der Waals surface area (Å²) < 4.78 is 0. The summed E-state index contributed by atoms with van der Waals surface area (Å²) in [4.78, 5) is 0. The third kappa shape index (κ3) is 2.65. The van der Waals surface area contributed by atoms with Crippen LogP contribution in [0.15, 0.2) is 54.6 Å². The SMILES string of the molecule is CC(C)C1(C(C)C)c2ccccc2-c2cc3c(cc21)-c1cc(Cl)ccc1C3(C(C)C)C(C)C. The zero-order valence-corrected chi connectivity index (χ0v) is 22.1. The molecule has 0 N–H and O–H groups in total. The molecule has 3 aromatic rings. The normalized spacial score (nSPS) is 17.0. The number of fused-ring (bicyclic) bond motifs is 6. The first-order valence-electron chi connectivity index (χ1n) is 12.7. The van der Waals surface area contributed by atoms with E-state index in [0.29, 0.717) is 23.7 Å². The molecule has 0 unspecified atom stereocenters. The molecule has 33 heavy (non-hydrogen) atoms. The van der Waals surface area contributed by atoms with Crippen molar-refractivity contribution in [2.45, 2.75) is 66.2 Å². The van der Waals surface area contributed by atoms with Gasteiger partial charge in [0.25, 0.3) is 0 Å². The van der Waals surface area contributed by atoms with Crippen LogP contribution in [0, 0.1) is 23.7 Å². The van der Waals surface area contributed by atoms with Crippen molar-refractivity contribution in [1.82, 2.24) is 0 Å². The van der Waals surface area contributed by atoms with Gasteiger partial charge < -0.3 is 0 Å². The fourth-order valence-electron chi connectivity index (χ4n) is 8.02. The van der Waals surface area contributed by atoms with Crippen LogP contribution in [0.5, 0.6) is 0 Å². The smallest absolute Gasteiger partial charge is 0.0412 e. The van der Waals surface area contributed by atoms with Gasteiger partial charge in [0.15, 0.2) is 0 Å². The molecular weight excluding hydrogens is 420 g/mol. The molecule has 0 fully saturated rings. The summed E-state index contributed by atoms with van der Waals surface area (Å²) in [7, 11) is 0. The van der Waals surface area contributed by atoms with Gasteiger partial charge in [0.1, 0.15) is 0 Å². The van der Waals surface area contributed by atoms with Gasteiger partial charge in [-0.15, -0.1) is 0 Å². The van der Waals surface area contributed by atoms with E-state index in [-0.39, 0.29) is 10.8 Å². The van der Waals surface area contributed by atoms with Crippen molar-refractivity contribution >= 4 is 11.6 Å². The molecule has 172 valence electrons. The monoisotopic (exact) mass is 456 g/mol. The predicted molar refractivity (Wildman–Crippen MR) is 143 cm³/mol. The van der Waals surface area contributed by atoms with Gasteiger partial charge in [-0.3, -0.25) is 0 Å². The van der Waals surface area contributed by atoms with E-state index in [0.717, 1.165) is 5.02 Å². The molecule has 0 aromatic heterocycles. The Morgan fingerprint density at radius 2 is 0.909 bits per heavy atom. The van der Waals surface area contributed by atoms with E-state index in [2.05, 4.69) is 110 Å². The van der Waals surface area contributed by atoms with E-state index >= 15 is 0 Å². The molecule has 0 saturated heterocycles. The maximum atomic E-state index is 6.59. The Labute approximate surface area is 205 Å². The summed E-state index contributed by atoms with van der Waals surface area (Å²) in [5.74, 6) is 1.96. The highest BCUT2D eigenvalue weighted by Crippen LogP contribution is 2.62. The van der Waals surface area contributed by atoms with Crippen molar-refractivity contribution < 1.29 is 0 Å². The Morgan fingerprint density at radius 3 is 1.42 bits per heavy atom. The van der Waals surface area contributed by atoms with Gasteiger partial charge in [0, 0.05) is 15.9 Å². The summed E-state index contributed by atoms with van der Waals surface area (Å²) in [6.07, 6.45) is 0.